The SMILES string of the molecule is Cc1ccccc1CC(C)Nc1cc[nH]c(=O)c1-c1nc2cc3c(cc2[nH]1)CN(CCN1CCCC1)C3=O. The van der Waals surface area contributed by atoms with E-state index < -0.39 is 0 Å². The molecule has 1 unspecified atom stereocenters. The largest absolute Gasteiger partial charge is 0.381 e. The van der Waals surface area contributed by atoms with Crippen molar-refractivity contribution in [2.75, 3.05) is 31.5 Å². The lowest BCUT2D eigenvalue weighted by Gasteiger charge is -2.20. The maximum absolute atomic E-state index is 13.1. The first kappa shape index (κ1) is 24.4. The predicted molar refractivity (Wildman–Crippen MR) is 151 cm³/mol. The first-order chi connectivity index (χ1) is 18.5. The van der Waals surface area contributed by atoms with Crippen LogP contribution in [0, 0.1) is 6.92 Å². The van der Waals surface area contributed by atoms with Crippen molar-refractivity contribution in [3.05, 3.63) is 81.3 Å². The molecule has 4 heterocycles. The summed E-state index contributed by atoms with van der Waals surface area (Å²) in [5.74, 6) is 0.560. The quantitative estimate of drug-likeness (QED) is 0.328. The number of carbonyl (C=O) groups excluding carboxylic acids is 1. The van der Waals surface area contributed by atoms with Crippen LogP contribution in [0.3, 0.4) is 0 Å². The van der Waals surface area contributed by atoms with E-state index in [1.165, 1.54) is 24.0 Å². The number of likely N-dealkylation sites (tertiary alicyclic amines) is 1. The van der Waals surface area contributed by atoms with E-state index in [4.69, 9.17) is 4.98 Å². The first-order valence-electron chi connectivity index (χ1n) is 13.5. The monoisotopic (exact) mass is 510 g/mol. The van der Waals surface area contributed by atoms with E-state index in [1.807, 2.05) is 29.2 Å². The van der Waals surface area contributed by atoms with Crippen LogP contribution < -0.4 is 10.9 Å². The molecule has 0 aliphatic carbocycles. The van der Waals surface area contributed by atoms with Crippen molar-refractivity contribution < 1.29 is 4.79 Å². The lowest BCUT2D eigenvalue weighted by Crippen LogP contribution is -2.33. The highest BCUT2D eigenvalue weighted by Gasteiger charge is 2.29. The molecule has 1 amide bonds. The molecular weight excluding hydrogens is 476 g/mol. The van der Waals surface area contributed by atoms with Gasteiger partial charge in [0.15, 0.2) is 0 Å². The Bertz CT molecular complexity index is 1550. The minimum Gasteiger partial charge on any atom is -0.381 e. The van der Waals surface area contributed by atoms with Gasteiger partial charge in [0.2, 0.25) is 0 Å². The number of rotatable bonds is 8. The molecule has 6 rings (SSSR count). The third-order valence-corrected chi connectivity index (χ3v) is 7.86. The molecule has 4 aromatic rings. The van der Waals surface area contributed by atoms with E-state index >= 15 is 0 Å². The summed E-state index contributed by atoms with van der Waals surface area (Å²) in [5.41, 5.74) is 6.75. The number of nitrogens with one attached hydrogen (secondary N) is 3. The number of aryl methyl sites for hydroxylation is 1. The molecule has 0 radical (unpaired) electrons. The van der Waals surface area contributed by atoms with Crippen molar-refractivity contribution in [3.63, 3.8) is 0 Å². The zero-order valence-electron chi connectivity index (χ0n) is 22.0. The van der Waals surface area contributed by atoms with E-state index in [1.54, 1.807) is 6.20 Å². The number of carbonyl (C=O) groups is 1. The Morgan fingerprint density at radius 1 is 1.08 bits per heavy atom. The van der Waals surface area contributed by atoms with Gasteiger partial charge in [-0.3, -0.25) is 9.59 Å². The van der Waals surface area contributed by atoms with Crippen LogP contribution in [0.5, 0.6) is 0 Å². The number of fused-ring (bicyclic) bond motifs is 2. The Labute approximate surface area is 222 Å². The van der Waals surface area contributed by atoms with Gasteiger partial charge < -0.3 is 25.1 Å². The summed E-state index contributed by atoms with van der Waals surface area (Å²) in [6, 6.07) is 14.2. The molecule has 196 valence electrons. The van der Waals surface area contributed by atoms with Gasteiger partial charge in [0.25, 0.3) is 11.5 Å². The van der Waals surface area contributed by atoms with Gasteiger partial charge in [-0.2, -0.15) is 0 Å². The molecule has 1 saturated heterocycles. The standard InChI is InChI=1S/C30H34N6O2/c1-19-7-3-4-8-21(19)15-20(2)32-24-9-10-31-29(37)27(24)28-33-25-16-22-18-36(14-13-35-11-5-6-12-35)30(38)23(22)17-26(25)34-28/h3-4,7-10,16-17,20H,5-6,11-15,18H2,1-2H3,(H,33,34)(H2,31,32,37). The number of H-pyrrole nitrogens is 2. The molecule has 3 N–H and O–H groups in total. The number of benzene rings is 2. The summed E-state index contributed by atoms with van der Waals surface area (Å²) in [4.78, 5) is 41.4. The Hall–Kier alpha value is -3.91. The van der Waals surface area contributed by atoms with E-state index in [-0.39, 0.29) is 17.5 Å². The van der Waals surface area contributed by atoms with Crippen LogP contribution in [0.2, 0.25) is 0 Å². The molecule has 2 aromatic carbocycles. The number of nitrogens with zero attached hydrogens (tertiary/aromatic N) is 3. The Morgan fingerprint density at radius 2 is 1.89 bits per heavy atom. The molecule has 1 atom stereocenters. The van der Waals surface area contributed by atoms with Gasteiger partial charge in [-0.15, -0.1) is 0 Å². The van der Waals surface area contributed by atoms with Gasteiger partial charge in [0.1, 0.15) is 11.4 Å². The molecule has 0 spiro atoms. The fourth-order valence-corrected chi connectivity index (χ4v) is 5.77. The second-order valence-electron chi connectivity index (χ2n) is 10.7. The Kier molecular flexibility index (Phi) is 6.49. The Morgan fingerprint density at radius 3 is 2.71 bits per heavy atom. The number of amides is 1. The van der Waals surface area contributed by atoms with Crippen molar-refractivity contribution in [2.45, 2.75) is 45.7 Å². The molecule has 2 aromatic heterocycles. The van der Waals surface area contributed by atoms with Crippen molar-refractivity contribution in [1.82, 2.24) is 24.8 Å². The summed E-state index contributed by atoms with van der Waals surface area (Å²) < 4.78 is 0. The van der Waals surface area contributed by atoms with E-state index in [2.05, 4.69) is 52.2 Å². The number of hydrogen-bond acceptors (Lipinski definition) is 5. The highest BCUT2D eigenvalue weighted by Crippen LogP contribution is 2.30. The van der Waals surface area contributed by atoms with Crippen LogP contribution in [-0.4, -0.2) is 62.9 Å². The molecule has 1 fully saturated rings. The fraction of sp³-hybridized carbons (Fsp3) is 0.367. The second kappa shape index (κ2) is 10.1. The van der Waals surface area contributed by atoms with Crippen molar-refractivity contribution in [3.8, 4) is 11.4 Å². The normalized spacial score (nSPS) is 16.4. The minimum absolute atomic E-state index is 0.0654. The lowest BCUT2D eigenvalue weighted by molar-refractivity contribution is 0.0763. The summed E-state index contributed by atoms with van der Waals surface area (Å²) in [6.45, 7) is 8.77. The molecular formula is C30H34N6O2. The van der Waals surface area contributed by atoms with Gasteiger partial charge in [-0.05, 0) is 81.1 Å². The van der Waals surface area contributed by atoms with Crippen LogP contribution in [-0.2, 0) is 13.0 Å². The Balaban J connectivity index is 1.24. The minimum atomic E-state index is -0.214. The highest BCUT2D eigenvalue weighted by molar-refractivity contribution is 6.02. The summed E-state index contributed by atoms with van der Waals surface area (Å²) in [6.07, 6.45) is 4.99. The summed E-state index contributed by atoms with van der Waals surface area (Å²) >= 11 is 0. The molecule has 0 bridgehead atoms. The number of imidazole rings is 1. The summed E-state index contributed by atoms with van der Waals surface area (Å²) in [7, 11) is 0. The molecule has 2 aliphatic rings. The van der Waals surface area contributed by atoms with Crippen LogP contribution in [0.15, 0.2) is 53.5 Å². The first-order valence-corrected chi connectivity index (χ1v) is 13.5. The van der Waals surface area contributed by atoms with Crippen molar-refractivity contribution in [1.29, 1.82) is 0 Å². The van der Waals surface area contributed by atoms with Crippen LogP contribution in [0.1, 0.15) is 46.8 Å². The van der Waals surface area contributed by atoms with Crippen LogP contribution in [0.25, 0.3) is 22.4 Å². The van der Waals surface area contributed by atoms with Crippen molar-refractivity contribution in [2.24, 2.45) is 0 Å². The fourth-order valence-electron chi connectivity index (χ4n) is 5.77. The van der Waals surface area contributed by atoms with Gasteiger partial charge in [-0.1, -0.05) is 24.3 Å². The smallest absolute Gasteiger partial charge is 0.261 e. The molecule has 8 heteroatoms. The molecule has 38 heavy (non-hydrogen) atoms. The molecule has 0 saturated carbocycles. The molecule has 8 nitrogen and oxygen atoms in total. The summed E-state index contributed by atoms with van der Waals surface area (Å²) in [5, 5.41) is 3.52. The number of aromatic amines is 2. The van der Waals surface area contributed by atoms with Gasteiger partial charge in [-0.25, -0.2) is 4.98 Å². The van der Waals surface area contributed by atoms with Crippen molar-refractivity contribution >= 4 is 22.6 Å². The third-order valence-electron chi connectivity index (χ3n) is 7.86. The maximum Gasteiger partial charge on any atom is 0.261 e. The average Bonchev–Trinajstić information content (AvgIpc) is 3.62. The van der Waals surface area contributed by atoms with Gasteiger partial charge in [0, 0.05) is 37.4 Å². The van der Waals surface area contributed by atoms with Crippen LogP contribution in [0.4, 0.5) is 5.69 Å². The molecule has 2 aliphatic heterocycles. The maximum atomic E-state index is 13.1. The lowest BCUT2D eigenvalue weighted by atomic mass is 10.0. The number of anilines is 1. The van der Waals surface area contributed by atoms with E-state index in [0.29, 0.717) is 29.0 Å². The van der Waals surface area contributed by atoms with Crippen LogP contribution >= 0.6 is 0 Å². The predicted octanol–water partition coefficient (Wildman–Crippen LogP) is 4.32. The highest BCUT2D eigenvalue weighted by atomic mass is 16.2. The number of aromatic nitrogens is 3. The number of hydrogen-bond donors (Lipinski definition) is 3. The van der Waals surface area contributed by atoms with E-state index in [0.717, 1.165) is 49.4 Å². The number of pyridine rings is 1. The zero-order valence-corrected chi connectivity index (χ0v) is 22.0. The zero-order chi connectivity index (χ0) is 26.2. The van der Waals surface area contributed by atoms with Gasteiger partial charge in [0.05, 0.1) is 16.7 Å². The second-order valence-corrected chi connectivity index (χ2v) is 10.7. The third kappa shape index (κ3) is 4.72. The average molecular weight is 511 g/mol. The topological polar surface area (TPSA) is 97.1 Å². The van der Waals surface area contributed by atoms with E-state index in [9.17, 15) is 9.59 Å². The van der Waals surface area contributed by atoms with Gasteiger partial charge >= 0.3 is 0 Å².